The van der Waals surface area contributed by atoms with Crippen molar-refractivity contribution >= 4 is 33.2 Å². The Morgan fingerprint density at radius 2 is 1.78 bits per heavy atom. The van der Waals surface area contributed by atoms with Crippen LogP contribution in [-0.2, 0) is 10.0 Å². The Bertz CT molecular complexity index is 1380. The quantitative estimate of drug-likeness (QED) is 0.345. The molecule has 0 aliphatic carbocycles. The van der Waals surface area contributed by atoms with Gasteiger partial charge >= 0.3 is 0 Å². The molecule has 0 amide bonds. The Balaban J connectivity index is 1.42. The van der Waals surface area contributed by atoms with E-state index in [9.17, 15) is 8.42 Å². The van der Waals surface area contributed by atoms with Crippen LogP contribution in [0.1, 0.15) is 41.9 Å². The number of likely N-dealkylation sites (tertiary alicyclic amines) is 1. The molecule has 2 heterocycles. The van der Waals surface area contributed by atoms with E-state index < -0.39 is 28.7 Å². The minimum absolute atomic E-state index is 0.155. The van der Waals surface area contributed by atoms with E-state index in [0.717, 1.165) is 37.2 Å². The summed E-state index contributed by atoms with van der Waals surface area (Å²) in [4.78, 5) is 11.0. The van der Waals surface area contributed by atoms with E-state index >= 15 is 0 Å². The summed E-state index contributed by atoms with van der Waals surface area (Å²) in [6.07, 6.45) is 3.79. The van der Waals surface area contributed by atoms with Gasteiger partial charge in [-0.2, -0.15) is 4.98 Å². The number of benzene rings is 2. The van der Waals surface area contributed by atoms with Crippen LogP contribution >= 0.6 is 0 Å². The molecule has 3 aromatic rings. The van der Waals surface area contributed by atoms with Gasteiger partial charge in [-0.05, 0) is 96.1 Å². The Kier molecular flexibility index (Phi) is 7.47. The van der Waals surface area contributed by atoms with Gasteiger partial charge in [-0.25, -0.2) is 18.1 Å². The van der Waals surface area contributed by atoms with Crippen molar-refractivity contribution < 1.29 is 15.9 Å². The van der Waals surface area contributed by atoms with Crippen LogP contribution in [0.25, 0.3) is 0 Å². The van der Waals surface area contributed by atoms with E-state index in [1.807, 2.05) is 11.8 Å². The third kappa shape index (κ3) is 7.88. The number of aryl methyl sites for hydroxylation is 1. The van der Waals surface area contributed by atoms with Crippen LogP contribution in [0.2, 0.25) is 0 Å². The molecule has 1 aliphatic heterocycles. The number of anilines is 4. The summed E-state index contributed by atoms with van der Waals surface area (Å²) in [5, 5.41) is 6.34. The fourth-order valence-electron chi connectivity index (χ4n) is 3.80. The molecule has 0 bridgehead atoms. The molecule has 1 aliphatic rings. The van der Waals surface area contributed by atoms with Gasteiger partial charge < -0.3 is 15.4 Å². The number of sulfonamides is 1. The van der Waals surface area contributed by atoms with Gasteiger partial charge in [0, 0.05) is 36.6 Å². The van der Waals surface area contributed by atoms with Gasteiger partial charge in [0.15, 0.2) is 0 Å². The predicted octanol–water partition coefficient (Wildman–Crippen LogP) is 4.82. The molecule has 2 atom stereocenters. The first kappa shape index (κ1) is 24.1. The molecule has 1 saturated heterocycles. The Labute approximate surface area is 222 Å². The van der Waals surface area contributed by atoms with Crippen LogP contribution < -0.4 is 20.1 Å². The van der Waals surface area contributed by atoms with Crippen molar-refractivity contribution in [1.82, 2.24) is 19.6 Å². The third-order valence-corrected chi connectivity index (χ3v) is 7.30. The molecule has 9 nitrogen and oxygen atoms in total. The highest BCUT2D eigenvalue weighted by Gasteiger charge is 2.22. The fourth-order valence-corrected chi connectivity index (χ4v) is 5.26. The SMILES string of the molecule is [2H]C(Oc1ccc(Nc2ncc(C)c(Nc3cccc(S(=O)(=O)NC(C)(C)C)c3)n2)cc1)C([2H])N1CCCC1. The van der Waals surface area contributed by atoms with E-state index in [1.54, 1.807) is 75.5 Å². The van der Waals surface area contributed by atoms with E-state index in [-0.39, 0.29) is 4.90 Å². The first-order valence-corrected chi connectivity index (χ1v) is 13.7. The van der Waals surface area contributed by atoms with E-state index in [4.69, 9.17) is 7.48 Å². The van der Waals surface area contributed by atoms with Crippen molar-refractivity contribution in [2.45, 2.75) is 51.0 Å². The summed E-state index contributed by atoms with van der Waals surface area (Å²) in [6, 6.07) is 13.6. The average molecular weight is 527 g/mol. The number of hydrogen-bond donors (Lipinski definition) is 3. The molecule has 1 fully saturated rings. The van der Waals surface area contributed by atoms with Gasteiger partial charge in [0.1, 0.15) is 18.2 Å². The highest BCUT2D eigenvalue weighted by atomic mass is 32.2. The largest absolute Gasteiger partial charge is 0.492 e. The summed E-state index contributed by atoms with van der Waals surface area (Å²) in [5.41, 5.74) is 1.49. The summed E-state index contributed by atoms with van der Waals surface area (Å²) in [6.45, 7) is 7.20. The molecule has 0 spiro atoms. The second-order valence-electron chi connectivity index (χ2n) is 10.0. The lowest BCUT2D eigenvalue weighted by Crippen LogP contribution is -2.40. The zero-order valence-corrected chi connectivity index (χ0v) is 22.5. The minimum atomic E-state index is -3.68. The molecule has 2 unspecified atom stereocenters. The van der Waals surface area contributed by atoms with Crippen LogP contribution in [0.15, 0.2) is 59.6 Å². The monoisotopic (exact) mass is 526 g/mol. The van der Waals surface area contributed by atoms with Crippen molar-refractivity contribution in [2.24, 2.45) is 0 Å². The smallest absolute Gasteiger partial charge is 0.241 e. The maximum atomic E-state index is 12.7. The first-order chi connectivity index (χ1) is 18.4. The number of nitrogens with one attached hydrogen (secondary N) is 3. The second-order valence-corrected chi connectivity index (χ2v) is 11.7. The molecule has 1 aromatic heterocycles. The second kappa shape index (κ2) is 11.5. The van der Waals surface area contributed by atoms with Crippen LogP contribution in [0.4, 0.5) is 23.1 Å². The summed E-state index contributed by atoms with van der Waals surface area (Å²) in [5.74, 6) is 1.40. The van der Waals surface area contributed by atoms with Crippen molar-refractivity contribution in [3.05, 3.63) is 60.3 Å². The van der Waals surface area contributed by atoms with Crippen molar-refractivity contribution in [3.8, 4) is 5.75 Å². The maximum absolute atomic E-state index is 12.7. The number of aromatic nitrogens is 2. The van der Waals surface area contributed by atoms with Gasteiger partial charge in [-0.3, -0.25) is 4.90 Å². The number of hydrogen-bond acceptors (Lipinski definition) is 8. The first-order valence-electron chi connectivity index (χ1n) is 13.4. The highest BCUT2D eigenvalue weighted by molar-refractivity contribution is 7.89. The molecule has 0 saturated carbocycles. The molecule has 2 aromatic carbocycles. The van der Waals surface area contributed by atoms with Gasteiger partial charge in [0.05, 0.1) is 6.27 Å². The molecular weight excluding hydrogens is 488 g/mol. The fraction of sp³-hybridized carbons (Fsp3) is 0.407. The third-order valence-electron chi connectivity index (χ3n) is 5.55. The Morgan fingerprint density at radius 3 is 2.49 bits per heavy atom. The minimum Gasteiger partial charge on any atom is -0.492 e. The number of nitrogens with zero attached hydrogens (tertiary/aromatic N) is 3. The zero-order chi connectivity index (χ0) is 28.2. The maximum Gasteiger partial charge on any atom is 0.241 e. The summed E-state index contributed by atoms with van der Waals surface area (Å²) in [7, 11) is -3.68. The van der Waals surface area contributed by atoms with E-state index in [2.05, 4.69) is 25.3 Å². The number of ether oxygens (including phenoxy) is 1. The molecule has 4 rings (SSSR count). The molecule has 37 heavy (non-hydrogen) atoms. The average Bonchev–Trinajstić information content (AvgIpc) is 3.41. The Hall–Kier alpha value is -3.21. The van der Waals surface area contributed by atoms with Crippen LogP contribution in [0, 0.1) is 6.92 Å². The zero-order valence-electron chi connectivity index (χ0n) is 23.7. The molecule has 10 heteroatoms. The van der Waals surface area contributed by atoms with Crippen LogP contribution in [-0.4, -0.2) is 55.0 Å². The lowest BCUT2D eigenvalue weighted by atomic mass is 10.1. The van der Waals surface area contributed by atoms with Gasteiger partial charge in [-0.1, -0.05) is 6.07 Å². The molecular formula is C27H36N6O3S. The van der Waals surface area contributed by atoms with Crippen molar-refractivity contribution in [3.63, 3.8) is 0 Å². The van der Waals surface area contributed by atoms with Crippen molar-refractivity contribution in [2.75, 3.05) is 36.8 Å². The van der Waals surface area contributed by atoms with Crippen LogP contribution in [0.3, 0.4) is 0 Å². The standard InChI is InChI=1S/C27H36N6O3S/c1-20-19-28-26(30-21-10-12-23(13-11-21)36-17-16-33-14-5-6-15-33)31-25(20)29-22-8-7-9-24(18-22)37(34,35)32-27(2,3)4/h7-13,18-19,32H,5-6,14-17H2,1-4H3,(H2,28,29,30,31)/i16D,17D. The molecule has 0 radical (unpaired) electrons. The van der Waals surface area contributed by atoms with Gasteiger partial charge in [-0.15, -0.1) is 0 Å². The normalized spacial score (nSPS) is 17.0. The molecule has 198 valence electrons. The highest BCUT2D eigenvalue weighted by Crippen LogP contribution is 2.24. The van der Waals surface area contributed by atoms with E-state index in [1.165, 1.54) is 0 Å². The van der Waals surface area contributed by atoms with E-state index in [0.29, 0.717) is 23.2 Å². The summed E-state index contributed by atoms with van der Waals surface area (Å²) < 4.78 is 50.3. The molecule has 3 N–H and O–H groups in total. The van der Waals surface area contributed by atoms with Gasteiger partial charge in [0.25, 0.3) is 0 Å². The Morgan fingerprint density at radius 1 is 1.05 bits per heavy atom. The lowest BCUT2D eigenvalue weighted by molar-refractivity contribution is 0.238. The summed E-state index contributed by atoms with van der Waals surface area (Å²) >= 11 is 0. The topological polar surface area (TPSA) is 108 Å². The van der Waals surface area contributed by atoms with Crippen LogP contribution in [0.5, 0.6) is 5.75 Å². The van der Waals surface area contributed by atoms with Gasteiger partial charge in [0.2, 0.25) is 16.0 Å². The lowest BCUT2D eigenvalue weighted by Gasteiger charge is -2.20. The number of rotatable bonds is 10. The van der Waals surface area contributed by atoms with Crippen molar-refractivity contribution in [1.29, 1.82) is 0 Å². The predicted molar refractivity (Wildman–Crippen MR) is 147 cm³/mol.